The molecule has 0 spiro atoms. The van der Waals surface area contributed by atoms with E-state index in [0.29, 0.717) is 12.2 Å². The Balaban J connectivity index is 1.71. The van der Waals surface area contributed by atoms with Gasteiger partial charge in [0.05, 0.1) is 0 Å². The molecule has 3 rings (SSSR count). The second-order valence-electron chi connectivity index (χ2n) is 5.85. The van der Waals surface area contributed by atoms with Crippen LogP contribution in [0.25, 0.3) is 0 Å². The van der Waals surface area contributed by atoms with Gasteiger partial charge >= 0.3 is 0 Å². The molecule has 6 nitrogen and oxygen atoms in total. The summed E-state index contributed by atoms with van der Waals surface area (Å²) in [6.45, 7) is 3.36. The second-order valence-corrected chi connectivity index (χ2v) is 5.85. The zero-order valence-corrected chi connectivity index (χ0v) is 12.4. The lowest BCUT2D eigenvalue weighted by molar-refractivity contribution is 0.0616. The highest BCUT2D eigenvalue weighted by atomic mass is 16.2. The number of hydrogen-bond acceptors (Lipinski definition) is 5. The van der Waals surface area contributed by atoms with Crippen LogP contribution < -0.4 is 10.6 Å². The number of amides is 1. The molecule has 0 saturated carbocycles. The van der Waals surface area contributed by atoms with Gasteiger partial charge in [-0.1, -0.05) is 0 Å². The van der Waals surface area contributed by atoms with Crippen molar-refractivity contribution in [3.63, 3.8) is 0 Å². The van der Waals surface area contributed by atoms with Gasteiger partial charge < -0.3 is 15.5 Å². The zero-order chi connectivity index (χ0) is 14.7. The Morgan fingerprint density at radius 1 is 1.14 bits per heavy atom. The van der Waals surface area contributed by atoms with E-state index in [2.05, 4.69) is 15.1 Å². The molecule has 1 aromatic heterocycles. The predicted octanol–water partition coefficient (Wildman–Crippen LogP) is 1.03. The molecule has 1 amide bonds. The van der Waals surface area contributed by atoms with Crippen LogP contribution in [0.5, 0.6) is 0 Å². The van der Waals surface area contributed by atoms with Crippen molar-refractivity contribution in [1.82, 2.24) is 15.1 Å². The molecule has 6 heteroatoms. The van der Waals surface area contributed by atoms with Gasteiger partial charge in [-0.25, -0.2) is 0 Å². The zero-order valence-electron chi connectivity index (χ0n) is 12.4. The highest BCUT2D eigenvalue weighted by Crippen LogP contribution is 2.20. The Morgan fingerprint density at radius 3 is 2.57 bits per heavy atom. The number of rotatable bonds is 3. The van der Waals surface area contributed by atoms with Crippen LogP contribution in [0, 0.1) is 0 Å². The molecular weight excluding hydrogens is 266 g/mol. The maximum atomic E-state index is 12.6. The number of likely N-dealkylation sites (tertiary alicyclic amines) is 1. The van der Waals surface area contributed by atoms with E-state index in [4.69, 9.17) is 5.73 Å². The summed E-state index contributed by atoms with van der Waals surface area (Å²) in [5, 5.41) is 8.37. The van der Waals surface area contributed by atoms with Gasteiger partial charge in [0.1, 0.15) is 0 Å². The highest BCUT2D eigenvalue weighted by Gasteiger charge is 2.27. The smallest absolute Gasteiger partial charge is 0.274 e. The van der Waals surface area contributed by atoms with E-state index >= 15 is 0 Å². The summed E-state index contributed by atoms with van der Waals surface area (Å²) in [6, 6.07) is 3.85. The van der Waals surface area contributed by atoms with Gasteiger partial charge in [0, 0.05) is 32.2 Å². The molecule has 1 atom stereocenters. The third-order valence-corrected chi connectivity index (χ3v) is 4.46. The van der Waals surface area contributed by atoms with Crippen LogP contribution in [0.3, 0.4) is 0 Å². The topological polar surface area (TPSA) is 75.3 Å². The Hall–Kier alpha value is -1.69. The van der Waals surface area contributed by atoms with Crippen molar-refractivity contribution < 1.29 is 4.79 Å². The first-order valence-corrected chi connectivity index (χ1v) is 7.89. The summed E-state index contributed by atoms with van der Waals surface area (Å²) >= 11 is 0. The number of carbonyl (C=O) groups excluding carboxylic acids is 1. The van der Waals surface area contributed by atoms with E-state index in [9.17, 15) is 4.79 Å². The predicted molar refractivity (Wildman–Crippen MR) is 81.2 cm³/mol. The summed E-state index contributed by atoms with van der Waals surface area (Å²) in [5.74, 6) is 0.837. The fourth-order valence-electron chi connectivity index (χ4n) is 3.21. The third-order valence-electron chi connectivity index (χ3n) is 4.46. The van der Waals surface area contributed by atoms with Crippen molar-refractivity contribution in [3.8, 4) is 0 Å². The number of anilines is 1. The van der Waals surface area contributed by atoms with Crippen molar-refractivity contribution in [3.05, 3.63) is 17.8 Å². The number of hydrogen-bond donors (Lipinski definition) is 1. The van der Waals surface area contributed by atoms with E-state index in [1.54, 1.807) is 6.07 Å². The van der Waals surface area contributed by atoms with Crippen molar-refractivity contribution in [1.29, 1.82) is 0 Å². The van der Waals surface area contributed by atoms with E-state index < -0.39 is 0 Å². The molecule has 2 fully saturated rings. The molecule has 0 aliphatic carbocycles. The third kappa shape index (κ3) is 3.00. The van der Waals surface area contributed by atoms with Crippen LogP contribution in [-0.2, 0) is 0 Å². The van der Waals surface area contributed by atoms with Crippen molar-refractivity contribution in [2.45, 2.75) is 38.1 Å². The molecule has 0 radical (unpaired) electrons. The first-order valence-electron chi connectivity index (χ1n) is 7.89. The van der Waals surface area contributed by atoms with Gasteiger partial charge in [-0.2, -0.15) is 0 Å². The molecular formula is C15H23N5O. The maximum Gasteiger partial charge on any atom is 0.274 e. The molecule has 3 heterocycles. The lowest BCUT2D eigenvalue weighted by atomic mass is 10.0. The van der Waals surface area contributed by atoms with Gasteiger partial charge in [0.2, 0.25) is 0 Å². The standard InChI is InChI=1S/C15H23N5O/c16-11-12-5-1-2-10-20(12)15(21)13-6-7-14(18-17-13)19-8-3-4-9-19/h6-7,12H,1-5,8-11,16H2. The maximum absolute atomic E-state index is 12.6. The van der Waals surface area contributed by atoms with Crippen LogP contribution in [-0.4, -0.2) is 53.2 Å². The van der Waals surface area contributed by atoms with Gasteiger partial charge in [0.25, 0.3) is 5.91 Å². The number of carbonyl (C=O) groups is 1. The molecule has 1 aromatic rings. The molecule has 2 N–H and O–H groups in total. The number of nitrogens with two attached hydrogens (primary N) is 1. The average molecular weight is 289 g/mol. The van der Waals surface area contributed by atoms with Crippen molar-refractivity contribution in [2.24, 2.45) is 5.73 Å². The minimum absolute atomic E-state index is 0.0365. The number of aromatic nitrogens is 2. The first kappa shape index (κ1) is 14.3. The minimum Gasteiger partial charge on any atom is -0.355 e. The van der Waals surface area contributed by atoms with E-state index in [-0.39, 0.29) is 11.9 Å². The minimum atomic E-state index is -0.0365. The summed E-state index contributed by atoms with van der Waals surface area (Å²) in [7, 11) is 0. The van der Waals surface area contributed by atoms with E-state index in [1.165, 1.54) is 12.8 Å². The van der Waals surface area contributed by atoms with Crippen molar-refractivity contribution in [2.75, 3.05) is 31.1 Å². The Labute approximate surface area is 125 Å². The Bertz CT molecular complexity index is 483. The summed E-state index contributed by atoms with van der Waals surface area (Å²) in [5.41, 5.74) is 6.21. The van der Waals surface area contributed by atoms with Gasteiger partial charge in [-0.3, -0.25) is 4.79 Å². The molecule has 2 aliphatic heterocycles. The summed E-state index contributed by atoms with van der Waals surface area (Å²) in [4.78, 5) is 16.6. The van der Waals surface area contributed by atoms with Crippen LogP contribution in [0.15, 0.2) is 12.1 Å². The Morgan fingerprint density at radius 2 is 1.90 bits per heavy atom. The summed E-state index contributed by atoms with van der Waals surface area (Å²) in [6.07, 6.45) is 5.58. The van der Waals surface area contributed by atoms with Crippen LogP contribution >= 0.6 is 0 Å². The van der Waals surface area contributed by atoms with Gasteiger partial charge in [-0.05, 0) is 44.2 Å². The quantitative estimate of drug-likeness (QED) is 0.899. The first-order chi connectivity index (χ1) is 10.3. The van der Waals surface area contributed by atoms with Crippen LogP contribution in [0.1, 0.15) is 42.6 Å². The number of piperidine rings is 1. The van der Waals surface area contributed by atoms with E-state index in [0.717, 1.165) is 44.7 Å². The molecule has 2 aliphatic rings. The molecule has 0 bridgehead atoms. The second kappa shape index (κ2) is 6.39. The molecule has 0 aromatic carbocycles. The lowest BCUT2D eigenvalue weighted by Gasteiger charge is -2.34. The molecule has 21 heavy (non-hydrogen) atoms. The average Bonchev–Trinajstić information content (AvgIpc) is 3.09. The van der Waals surface area contributed by atoms with Crippen LogP contribution in [0.2, 0.25) is 0 Å². The summed E-state index contributed by atoms with van der Waals surface area (Å²) < 4.78 is 0. The number of nitrogens with zero attached hydrogens (tertiary/aromatic N) is 4. The monoisotopic (exact) mass is 289 g/mol. The van der Waals surface area contributed by atoms with Crippen molar-refractivity contribution >= 4 is 11.7 Å². The fourth-order valence-corrected chi connectivity index (χ4v) is 3.21. The van der Waals surface area contributed by atoms with Gasteiger partial charge in [-0.15, -0.1) is 10.2 Å². The highest BCUT2D eigenvalue weighted by molar-refractivity contribution is 5.92. The Kier molecular flexibility index (Phi) is 4.34. The van der Waals surface area contributed by atoms with E-state index in [1.807, 2.05) is 11.0 Å². The lowest BCUT2D eigenvalue weighted by Crippen LogP contribution is -2.47. The largest absolute Gasteiger partial charge is 0.355 e. The molecule has 114 valence electrons. The van der Waals surface area contributed by atoms with Crippen LogP contribution in [0.4, 0.5) is 5.82 Å². The fraction of sp³-hybridized carbons (Fsp3) is 0.667. The molecule has 2 saturated heterocycles. The normalized spacial score (nSPS) is 22.6. The SMILES string of the molecule is NCC1CCCCN1C(=O)c1ccc(N2CCCC2)nn1. The molecule has 1 unspecified atom stereocenters. The van der Waals surface area contributed by atoms with Gasteiger partial charge in [0.15, 0.2) is 11.5 Å².